The van der Waals surface area contributed by atoms with E-state index < -0.39 is 58.2 Å². The van der Waals surface area contributed by atoms with Crippen LogP contribution in [0.5, 0.6) is 23.0 Å². The van der Waals surface area contributed by atoms with Crippen molar-refractivity contribution in [1.29, 1.82) is 0 Å². The molecule has 4 nitrogen and oxygen atoms in total. The second-order valence-electron chi connectivity index (χ2n) is 6.84. The van der Waals surface area contributed by atoms with E-state index in [4.69, 9.17) is 20.9 Å². The molecular weight excluding hydrogens is 483 g/mol. The van der Waals surface area contributed by atoms with E-state index in [9.17, 15) is 39.5 Å². The zero-order chi connectivity index (χ0) is 25.5. The molecule has 182 valence electrons. The van der Waals surface area contributed by atoms with Crippen LogP contribution in [-0.2, 0) is 18.5 Å². The third-order valence-electron chi connectivity index (χ3n) is 4.28. The fourth-order valence-corrected chi connectivity index (χ4v) is 2.99. The van der Waals surface area contributed by atoms with Gasteiger partial charge in [-0.15, -0.1) is 0 Å². The number of hydrogen-bond acceptors (Lipinski definition) is 4. The summed E-state index contributed by atoms with van der Waals surface area (Å²) >= 11 is 0. The summed E-state index contributed by atoms with van der Waals surface area (Å²) in [6.45, 7) is 0. The molecule has 4 N–H and O–H groups in total. The highest BCUT2D eigenvalue weighted by molar-refractivity contribution is 5.60. The van der Waals surface area contributed by atoms with Crippen LogP contribution in [0.2, 0.25) is 0 Å². The molecular formula is C21H13F9N2O2. The van der Waals surface area contributed by atoms with Crippen LogP contribution in [0.4, 0.5) is 50.9 Å². The summed E-state index contributed by atoms with van der Waals surface area (Å²) in [4.78, 5) is 0. The molecule has 0 unspecified atom stereocenters. The molecule has 0 saturated carbocycles. The maximum absolute atomic E-state index is 14.0. The van der Waals surface area contributed by atoms with Gasteiger partial charge in [-0.05, 0) is 30.3 Å². The first-order valence-corrected chi connectivity index (χ1v) is 9.06. The lowest BCUT2D eigenvalue weighted by Gasteiger charge is -2.25. The Kier molecular flexibility index (Phi) is 6.24. The van der Waals surface area contributed by atoms with Gasteiger partial charge in [0.2, 0.25) is 0 Å². The second kappa shape index (κ2) is 8.54. The average Bonchev–Trinajstić information content (AvgIpc) is 2.65. The quantitative estimate of drug-likeness (QED) is 0.290. The van der Waals surface area contributed by atoms with Crippen LogP contribution in [0.1, 0.15) is 16.7 Å². The fraction of sp³-hybridized carbons (Fsp3) is 0.143. The van der Waals surface area contributed by atoms with Crippen LogP contribution in [0.25, 0.3) is 0 Å². The van der Waals surface area contributed by atoms with Crippen molar-refractivity contribution >= 4 is 11.4 Å². The van der Waals surface area contributed by atoms with E-state index in [-0.39, 0.29) is 17.4 Å². The molecule has 0 spiro atoms. The molecule has 13 heteroatoms. The monoisotopic (exact) mass is 496 g/mol. The van der Waals surface area contributed by atoms with Crippen LogP contribution >= 0.6 is 0 Å². The topological polar surface area (TPSA) is 70.5 Å². The molecule has 0 radical (unpaired) electrons. The van der Waals surface area contributed by atoms with E-state index >= 15 is 0 Å². The lowest BCUT2D eigenvalue weighted by molar-refractivity contribution is -0.165. The lowest BCUT2D eigenvalue weighted by atomic mass is 9.99. The van der Waals surface area contributed by atoms with Gasteiger partial charge in [0, 0.05) is 23.5 Å². The predicted molar refractivity (Wildman–Crippen MR) is 103 cm³/mol. The minimum Gasteiger partial charge on any atom is -0.456 e. The van der Waals surface area contributed by atoms with Gasteiger partial charge in [-0.3, -0.25) is 0 Å². The molecule has 0 aromatic heterocycles. The van der Waals surface area contributed by atoms with Crippen LogP contribution in [-0.4, -0.2) is 0 Å². The molecule has 0 saturated heterocycles. The molecule has 0 bridgehead atoms. The van der Waals surface area contributed by atoms with Crippen LogP contribution < -0.4 is 20.9 Å². The van der Waals surface area contributed by atoms with Gasteiger partial charge in [-0.1, -0.05) is 12.1 Å². The van der Waals surface area contributed by atoms with Crippen molar-refractivity contribution in [3.8, 4) is 23.0 Å². The van der Waals surface area contributed by atoms with E-state index in [0.29, 0.717) is 0 Å². The van der Waals surface area contributed by atoms with Gasteiger partial charge in [-0.2, -0.15) is 39.5 Å². The summed E-state index contributed by atoms with van der Waals surface area (Å²) in [6, 6.07) is 8.32. The van der Waals surface area contributed by atoms with E-state index in [0.717, 1.165) is 30.3 Å². The van der Waals surface area contributed by atoms with E-state index in [1.54, 1.807) is 0 Å². The highest BCUT2D eigenvalue weighted by atomic mass is 19.4. The SMILES string of the molecule is Nc1cccc(Oc2cc(C(F)(F)F)c(C(F)(F)F)c(Oc3cccc(N)c3)c2C(F)(F)F)c1. The number of halogens is 9. The minimum atomic E-state index is -5.89. The Morgan fingerprint density at radius 2 is 1.03 bits per heavy atom. The second-order valence-corrected chi connectivity index (χ2v) is 6.84. The summed E-state index contributed by atoms with van der Waals surface area (Å²) in [7, 11) is 0. The highest BCUT2D eigenvalue weighted by Gasteiger charge is 2.51. The molecule has 0 aliphatic carbocycles. The Hall–Kier alpha value is -3.77. The van der Waals surface area contributed by atoms with Crippen molar-refractivity contribution < 1.29 is 49.0 Å². The number of nitrogen functional groups attached to an aromatic ring is 2. The number of alkyl halides is 9. The molecule has 0 heterocycles. The normalized spacial score (nSPS) is 12.5. The number of nitrogens with two attached hydrogens (primary N) is 2. The van der Waals surface area contributed by atoms with Gasteiger partial charge in [-0.25, -0.2) is 0 Å². The van der Waals surface area contributed by atoms with Gasteiger partial charge in [0.15, 0.2) is 5.75 Å². The lowest BCUT2D eigenvalue weighted by Crippen LogP contribution is -2.21. The predicted octanol–water partition coefficient (Wildman–Crippen LogP) is 7.49. The van der Waals surface area contributed by atoms with Crippen LogP contribution in [0, 0.1) is 0 Å². The molecule has 3 aromatic rings. The zero-order valence-corrected chi connectivity index (χ0v) is 16.6. The Balaban J connectivity index is 2.42. The van der Waals surface area contributed by atoms with Gasteiger partial charge >= 0.3 is 18.5 Å². The van der Waals surface area contributed by atoms with Crippen LogP contribution in [0.3, 0.4) is 0 Å². The number of benzene rings is 3. The van der Waals surface area contributed by atoms with Crippen molar-refractivity contribution in [1.82, 2.24) is 0 Å². The Labute approximate surface area is 185 Å². The zero-order valence-electron chi connectivity index (χ0n) is 16.6. The molecule has 0 aliphatic rings. The van der Waals surface area contributed by atoms with E-state index in [2.05, 4.69) is 0 Å². The number of ether oxygens (including phenoxy) is 2. The summed E-state index contributed by atoms with van der Waals surface area (Å²) in [6.07, 6.45) is -17.2. The van der Waals surface area contributed by atoms with Gasteiger partial charge < -0.3 is 20.9 Å². The third kappa shape index (κ3) is 5.41. The van der Waals surface area contributed by atoms with E-state index in [1.807, 2.05) is 0 Å². The maximum Gasteiger partial charge on any atom is 0.423 e. The molecule has 0 amide bonds. The third-order valence-corrected chi connectivity index (χ3v) is 4.28. The van der Waals surface area contributed by atoms with Gasteiger partial charge in [0.1, 0.15) is 28.4 Å². The molecule has 0 aliphatic heterocycles. The molecule has 0 atom stereocenters. The summed E-state index contributed by atoms with van der Waals surface area (Å²) < 4.78 is 134. The largest absolute Gasteiger partial charge is 0.456 e. The molecule has 0 fully saturated rings. The maximum atomic E-state index is 14.0. The van der Waals surface area contributed by atoms with Crippen molar-refractivity contribution in [2.24, 2.45) is 0 Å². The highest BCUT2D eigenvalue weighted by Crippen LogP contribution is 2.55. The summed E-state index contributed by atoms with van der Waals surface area (Å²) in [5.74, 6) is -4.82. The Bertz CT molecular complexity index is 1200. The van der Waals surface area contributed by atoms with Crippen molar-refractivity contribution in [3.05, 3.63) is 71.3 Å². The fourth-order valence-electron chi connectivity index (χ4n) is 2.99. The molecule has 34 heavy (non-hydrogen) atoms. The number of hydrogen-bond donors (Lipinski definition) is 2. The van der Waals surface area contributed by atoms with Gasteiger partial charge in [0.25, 0.3) is 0 Å². The Morgan fingerprint density at radius 1 is 0.559 bits per heavy atom. The first-order valence-electron chi connectivity index (χ1n) is 9.06. The minimum absolute atomic E-state index is 0.0229. The first-order chi connectivity index (χ1) is 15.6. The summed E-state index contributed by atoms with van der Waals surface area (Å²) in [5.41, 5.74) is 3.49. The van der Waals surface area contributed by atoms with Crippen molar-refractivity contribution in [2.45, 2.75) is 18.5 Å². The number of rotatable bonds is 4. The van der Waals surface area contributed by atoms with Crippen molar-refractivity contribution in [2.75, 3.05) is 11.5 Å². The Morgan fingerprint density at radius 3 is 1.44 bits per heavy atom. The van der Waals surface area contributed by atoms with Crippen molar-refractivity contribution in [3.63, 3.8) is 0 Å². The molecule has 3 aromatic carbocycles. The van der Waals surface area contributed by atoms with Crippen LogP contribution in [0.15, 0.2) is 54.6 Å². The summed E-state index contributed by atoms with van der Waals surface area (Å²) in [5, 5.41) is 0. The average molecular weight is 496 g/mol. The first kappa shape index (κ1) is 24.9. The van der Waals surface area contributed by atoms with Gasteiger partial charge in [0.05, 0.1) is 5.56 Å². The smallest absolute Gasteiger partial charge is 0.423 e. The number of anilines is 2. The standard InChI is InChI=1S/C21H13F9N2O2/c22-19(23,24)14-9-15(33-12-5-1-3-10(31)7-12)17(21(28,29)30)18(16(14)20(25,26)27)34-13-6-2-4-11(32)8-13/h1-9H,31-32H2. The molecule has 3 rings (SSSR count). The van der Waals surface area contributed by atoms with E-state index in [1.165, 1.54) is 18.2 Å².